The Labute approximate surface area is 99.4 Å². The molecule has 0 saturated heterocycles. The maximum absolute atomic E-state index is 5.94. The predicted octanol–water partition coefficient (Wildman–Crippen LogP) is 3.29. The number of anilines is 1. The van der Waals surface area contributed by atoms with Crippen LogP contribution in [0.15, 0.2) is 36.7 Å². The topological polar surface area (TPSA) is 37.0 Å². The molecular weight excluding hydrogens is 224 g/mol. The van der Waals surface area contributed by atoms with Crippen LogP contribution in [-0.2, 0) is 6.54 Å². The van der Waals surface area contributed by atoms with E-state index in [1.807, 2.05) is 36.7 Å². The van der Waals surface area contributed by atoms with Crippen LogP contribution in [0.1, 0.15) is 5.56 Å². The zero-order valence-corrected chi connectivity index (χ0v) is 9.71. The lowest BCUT2D eigenvalue weighted by Gasteiger charge is -2.08. The molecule has 0 saturated carbocycles. The Hall–Kier alpha value is -1.61. The van der Waals surface area contributed by atoms with E-state index in [4.69, 9.17) is 16.3 Å². The van der Waals surface area contributed by atoms with Crippen molar-refractivity contribution in [2.45, 2.75) is 6.54 Å². The summed E-state index contributed by atoms with van der Waals surface area (Å²) in [6.45, 7) is 0.772. The van der Waals surface area contributed by atoms with Crippen molar-refractivity contribution in [1.29, 1.82) is 0 Å². The van der Waals surface area contributed by atoms with Crippen molar-refractivity contribution < 1.29 is 4.74 Å². The number of ether oxygens (including phenoxy) is 1. The molecule has 1 heterocycles. The molecular formula is C12H13ClN2O. The van der Waals surface area contributed by atoms with Gasteiger partial charge in [-0.1, -0.05) is 11.6 Å². The van der Waals surface area contributed by atoms with Crippen molar-refractivity contribution in [1.82, 2.24) is 4.98 Å². The van der Waals surface area contributed by atoms with Gasteiger partial charge in [-0.3, -0.25) is 0 Å². The van der Waals surface area contributed by atoms with Gasteiger partial charge in [0.15, 0.2) is 0 Å². The zero-order valence-electron chi connectivity index (χ0n) is 8.96. The molecule has 0 fully saturated rings. The van der Waals surface area contributed by atoms with Crippen LogP contribution in [0, 0.1) is 0 Å². The van der Waals surface area contributed by atoms with Gasteiger partial charge in [-0.2, -0.15) is 0 Å². The van der Waals surface area contributed by atoms with Crippen LogP contribution in [-0.4, -0.2) is 12.1 Å². The highest BCUT2D eigenvalue weighted by Gasteiger charge is 2.01. The average molecular weight is 237 g/mol. The number of halogens is 1. The van der Waals surface area contributed by atoms with E-state index in [2.05, 4.69) is 10.3 Å². The zero-order chi connectivity index (χ0) is 11.4. The van der Waals surface area contributed by atoms with E-state index in [1.54, 1.807) is 7.11 Å². The smallest absolute Gasteiger partial charge is 0.139 e. The average Bonchev–Trinajstić information content (AvgIpc) is 2.81. The Bertz CT molecular complexity index is 454. The summed E-state index contributed by atoms with van der Waals surface area (Å²) >= 11 is 5.94. The van der Waals surface area contributed by atoms with Crippen LogP contribution in [0.25, 0.3) is 0 Å². The number of H-pyrrole nitrogens is 1. The second-order valence-electron chi connectivity index (χ2n) is 3.42. The summed E-state index contributed by atoms with van der Waals surface area (Å²) in [6, 6.07) is 7.66. The molecule has 0 atom stereocenters. The molecule has 0 aliphatic carbocycles. The highest BCUT2D eigenvalue weighted by molar-refractivity contribution is 6.32. The number of benzene rings is 1. The molecule has 3 nitrogen and oxygen atoms in total. The Morgan fingerprint density at radius 3 is 2.94 bits per heavy atom. The summed E-state index contributed by atoms with van der Waals surface area (Å²) in [7, 11) is 1.61. The number of rotatable bonds is 4. The van der Waals surface area contributed by atoms with Crippen LogP contribution in [0.2, 0.25) is 5.02 Å². The normalized spacial score (nSPS) is 10.1. The minimum atomic E-state index is 0.620. The molecule has 2 aromatic rings. The molecule has 4 heteroatoms. The lowest BCUT2D eigenvalue weighted by molar-refractivity contribution is 0.415. The number of hydrogen-bond donors (Lipinski definition) is 2. The van der Waals surface area contributed by atoms with Crippen LogP contribution >= 0.6 is 11.6 Å². The second-order valence-corrected chi connectivity index (χ2v) is 3.83. The van der Waals surface area contributed by atoms with Crippen molar-refractivity contribution in [3.8, 4) is 5.75 Å². The van der Waals surface area contributed by atoms with Crippen LogP contribution in [0.5, 0.6) is 5.75 Å². The van der Waals surface area contributed by atoms with Gasteiger partial charge in [0.2, 0.25) is 0 Å². The minimum Gasteiger partial charge on any atom is -0.495 e. The number of nitrogens with one attached hydrogen (secondary N) is 2. The highest BCUT2D eigenvalue weighted by atomic mass is 35.5. The van der Waals surface area contributed by atoms with Gasteiger partial charge in [0.1, 0.15) is 5.75 Å². The van der Waals surface area contributed by atoms with E-state index >= 15 is 0 Å². The van der Waals surface area contributed by atoms with Gasteiger partial charge in [0, 0.05) is 30.7 Å². The Kier molecular flexibility index (Phi) is 3.37. The summed E-state index contributed by atoms with van der Waals surface area (Å²) in [5.74, 6) is 0.681. The quantitative estimate of drug-likeness (QED) is 0.855. The molecule has 0 amide bonds. The van der Waals surface area contributed by atoms with E-state index < -0.39 is 0 Å². The molecule has 0 aliphatic rings. The van der Waals surface area contributed by atoms with Gasteiger partial charge in [0.25, 0.3) is 0 Å². The number of aromatic amines is 1. The summed E-state index contributed by atoms with van der Waals surface area (Å²) in [5, 5.41) is 3.91. The third-order valence-corrected chi connectivity index (χ3v) is 2.62. The Balaban J connectivity index is 2.04. The van der Waals surface area contributed by atoms with Gasteiger partial charge in [-0.05, 0) is 23.8 Å². The molecule has 2 rings (SSSR count). The Morgan fingerprint density at radius 1 is 1.38 bits per heavy atom. The molecule has 0 aliphatic heterocycles. The lowest BCUT2D eigenvalue weighted by atomic mass is 10.2. The first-order valence-corrected chi connectivity index (χ1v) is 5.36. The third-order valence-electron chi connectivity index (χ3n) is 2.31. The minimum absolute atomic E-state index is 0.620. The first-order chi connectivity index (χ1) is 7.79. The van der Waals surface area contributed by atoms with Gasteiger partial charge in [0.05, 0.1) is 12.1 Å². The largest absolute Gasteiger partial charge is 0.495 e. The summed E-state index contributed by atoms with van der Waals surface area (Å²) < 4.78 is 5.14. The Morgan fingerprint density at radius 2 is 2.25 bits per heavy atom. The van der Waals surface area contributed by atoms with E-state index in [9.17, 15) is 0 Å². The van der Waals surface area contributed by atoms with Gasteiger partial charge in [-0.25, -0.2) is 0 Å². The molecule has 0 spiro atoms. The van der Waals surface area contributed by atoms with Crippen LogP contribution < -0.4 is 10.1 Å². The molecule has 1 aromatic carbocycles. The lowest BCUT2D eigenvalue weighted by Crippen LogP contribution is -1.98. The number of methoxy groups -OCH3 is 1. The maximum atomic E-state index is 5.94. The second kappa shape index (κ2) is 4.94. The van der Waals surface area contributed by atoms with Crippen molar-refractivity contribution in [3.63, 3.8) is 0 Å². The van der Waals surface area contributed by atoms with E-state index in [-0.39, 0.29) is 0 Å². The first kappa shape index (κ1) is 10.9. The van der Waals surface area contributed by atoms with Crippen molar-refractivity contribution in [2.24, 2.45) is 0 Å². The molecule has 0 radical (unpaired) electrons. The fourth-order valence-corrected chi connectivity index (χ4v) is 1.64. The SMILES string of the molecule is COc1cc(NCc2cc[nH]c2)ccc1Cl. The monoisotopic (exact) mass is 236 g/mol. The highest BCUT2D eigenvalue weighted by Crippen LogP contribution is 2.27. The summed E-state index contributed by atoms with van der Waals surface area (Å²) in [6.07, 6.45) is 3.86. The molecule has 16 heavy (non-hydrogen) atoms. The summed E-state index contributed by atoms with van der Waals surface area (Å²) in [4.78, 5) is 3.01. The molecule has 2 N–H and O–H groups in total. The predicted molar refractivity (Wildman–Crippen MR) is 66.1 cm³/mol. The van der Waals surface area contributed by atoms with Crippen molar-refractivity contribution >= 4 is 17.3 Å². The number of aromatic nitrogens is 1. The number of hydrogen-bond acceptors (Lipinski definition) is 2. The fraction of sp³-hybridized carbons (Fsp3) is 0.167. The van der Waals surface area contributed by atoms with E-state index in [0.29, 0.717) is 10.8 Å². The third kappa shape index (κ3) is 2.49. The van der Waals surface area contributed by atoms with E-state index in [1.165, 1.54) is 5.56 Å². The van der Waals surface area contributed by atoms with Crippen LogP contribution in [0.3, 0.4) is 0 Å². The van der Waals surface area contributed by atoms with Crippen molar-refractivity contribution in [3.05, 3.63) is 47.2 Å². The first-order valence-electron chi connectivity index (χ1n) is 4.98. The van der Waals surface area contributed by atoms with Gasteiger partial charge in [-0.15, -0.1) is 0 Å². The molecule has 0 bridgehead atoms. The fourth-order valence-electron chi connectivity index (χ4n) is 1.44. The molecule has 0 unspecified atom stereocenters. The molecule has 84 valence electrons. The van der Waals surface area contributed by atoms with Gasteiger partial charge >= 0.3 is 0 Å². The van der Waals surface area contributed by atoms with Crippen LogP contribution in [0.4, 0.5) is 5.69 Å². The summed E-state index contributed by atoms with van der Waals surface area (Å²) in [5.41, 5.74) is 2.19. The van der Waals surface area contributed by atoms with Crippen molar-refractivity contribution in [2.75, 3.05) is 12.4 Å². The van der Waals surface area contributed by atoms with E-state index in [0.717, 1.165) is 12.2 Å². The standard InChI is InChI=1S/C12H13ClN2O/c1-16-12-6-10(2-3-11(12)13)15-8-9-4-5-14-7-9/h2-7,14-15H,8H2,1H3. The maximum Gasteiger partial charge on any atom is 0.139 e. The molecule has 1 aromatic heterocycles. The van der Waals surface area contributed by atoms with Gasteiger partial charge < -0.3 is 15.0 Å².